The van der Waals surface area contributed by atoms with Gasteiger partial charge in [-0.05, 0) is 65.6 Å². The smallest absolute Gasteiger partial charge is 0.330 e. The van der Waals surface area contributed by atoms with Gasteiger partial charge in [0.05, 0.1) is 18.4 Å². The molecular weight excluding hydrogens is 500 g/mol. The van der Waals surface area contributed by atoms with E-state index in [1.807, 2.05) is 48.1 Å². The van der Waals surface area contributed by atoms with E-state index in [4.69, 9.17) is 4.74 Å². The zero-order valence-electron chi connectivity index (χ0n) is 21.4. The molecule has 2 heterocycles. The molecule has 0 amide bonds. The molecule has 0 N–H and O–H groups in total. The van der Waals surface area contributed by atoms with Crippen molar-refractivity contribution in [3.8, 4) is 39.7 Å². The number of benzene rings is 3. The lowest BCUT2D eigenvalue weighted by atomic mass is 9.99. The molecule has 0 bridgehead atoms. The van der Waals surface area contributed by atoms with Gasteiger partial charge >= 0.3 is 5.97 Å². The number of carbonyl (C=O) groups excluding carboxylic acids is 1. The maximum absolute atomic E-state index is 14.2. The van der Waals surface area contributed by atoms with E-state index >= 15 is 0 Å². The average Bonchev–Trinajstić information content (AvgIpc) is 3.36. The van der Waals surface area contributed by atoms with Crippen LogP contribution in [0.2, 0.25) is 0 Å². The summed E-state index contributed by atoms with van der Waals surface area (Å²) in [4.78, 5) is 19.9. The second-order valence-corrected chi connectivity index (χ2v) is 8.95. The molecule has 0 aromatic heterocycles. The predicted molar refractivity (Wildman–Crippen MR) is 144 cm³/mol. The maximum atomic E-state index is 14.2. The number of rotatable bonds is 8. The quantitative estimate of drug-likeness (QED) is 0.172. The lowest BCUT2D eigenvalue weighted by Crippen LogP contribution is -2.01. The lowest BCUT2D eigenvalue weighted by Gasteiger charge is -2.11. The Balaban J connectivity index is 1.27. The second-order valence-electron chi connectivity index (χ2n) is 8.95. The van der Waals surface area contributed by atoms with Crippen molar-refractivity contribution in [2.45, 2.75) is 13.5 Å². The Hall–Kier alpha value is -4.85. The van der Waals surface area contributed by atoms with Crippen molar-refractivity contribution < 1.29 is 23.0 Å². The van der Waals surface area contributed by atoms with E-state index in [1.54, 1.807) is 6.08 Å². The summed E-state index contributed by atoms with van der Waals surface area (Å²) in [5.41, 5.74) is 5.59. The summed E-state index contributed by atoms with van der Waals surface area (Å²) >= 11 is 0. The van der Waals surface area contributed by atoms with E-state index < -0.39 is 17.6 Å². The molecule has 5 rings (SSSR count). The van der Waals surface area contributed by atoms with Crippen molar-refractivity contribution in [3.05, 3.63) is 114 Å². The number of methoxy groups -OCH3 is 1. The molecule has 2 aliphatic heterocycles. The van der Waals surface area contributed by atoms with Gasteiger partial charge in [-0.25, -0.2) is 23.5 Å². The van der Waals surface area contributed by atoms with E-state index in [0.717, 1.165) is 28.3 Å². The maximum Gasteiger partial charge on any atom is 0.330 e. The molecule has 0 fully saturated rings. The van der Waals surface area contributed by atoms with Crippen LogP contribution in [-0.4, -0.2) is 34.2 Å². The molecule has 0 radical (unpaired) electrons. The number of nitrogens with zero attached hydrogens (tertiary/aromatic N) is 3. The molecule has 196 valence electrons. The van der Waals surface area contributed by atoms with E-state index in [2.05, 4.69) is 39.0 Å². The van der Waals surface area contributed by atoms with Crippen LogP contribution < -0.4 is 4.74 Å². The molecule has 6 nitrogen and oxygen atoms in total. The molecule has 8 heteroatoms. The van der Waals surface area contributed by atoms with Gasteiger partial charge in [0.1, 0.15) is 18.1 Å². The summed E-state index contributed by atoms with van der Waals surface area (Å²) in [6.45, 7) is 2.90. The van der Waals surface area contributed by atoms with Gasteiger partial charge in [0, 0.05) is 25.0 Å². The number of aryl methyl sites for hydroxylation is 1. The number of halogens is 2. The van der Waals surface area contributed by atoms with Crippen LogP contribution >= 0.6 is 0 Å². The van der Waals surface area contributed by atoms with Crippen LogP contribution in [0.1, 0.15) is 11.1 Å². The summed E-state index contributed by atoms with van der Waals surface area (Å²) in [5, 5.41) is 0. The van der Waals surface area contributed by atoms with Crippen LogP contribution in [0, 0.1) is 18.6 Å². The third-order valence-corrected chi connectivity index (χ3v) is 6.25. The van der Waals surface area contributed by atoms with Crippen molar-refractivity contribution in [1.82, 2.24) is 14.5 Å². The Morgan fingerprint density at radius 2 is 1.77 bits per heavy atom. The zero-order chi connectivity index (χ0) is 27.4. The van der Waals surface area contributed by atoms with E-state index in [9.17, 15) is 13.6 Å². The molecule has 0 aliphatic carbocycles. The van der Waals surface area contributed by atoms with Crippen LogP contribution in [0.15, 0.2) is 91.3 Å². The fourth-order valence-electron chi connectivity index (χ4n) is 4.25. The summed E-state index contributed by atoms with van der Waals surface area (Å²) in [6.07, 6.45) is 6.68. The number of hydrogen-bond acceptors (Lipinski definition) is 5. The molecule has 0 saturated carbocycles. The van der Waals surface area contributed by atoms with Gasteiger partial charge in [-0.3, -0.25) is 0 Å². The normalized spacial score (nSPS) is 11.3. The summed E-state index contributed by atoms with van der Waals surface area (Å²) < 4.78 is 40.1. The highest BCUT2D eigenvalue weighted by molar-refractivity contribution is 5.81. The Kier molecular flexibility index (Phi) is 7.45. The van der Waals surface area contributed by atoms with E-state index in [1.165, 1.54) is 25.3 Å². The SMILES string of the molecule is COC(=O)/C=C/COc1ccc(-c2ccc(Cn3ccc4nc(-c5cccc(F)c5F)nc-4c3)cc2)c(C)c1. The first-order chi connectivity index (χ1) is 18.9. The summed E-state index contributed by atoms with van der Waals surface area (Å²) in [5.74, 6) is -1.42. The number of esters is 1. The third kappa shape index (κ3) is 5.85. The topological polar surface area (TPSA) is 66.2 Å². The van der Waals surface area contributed by atoms with Crippen LogP contribution in [0.25, 0.3) is 33.9 Å². The van der Waals surface area contributed by atoms with Crippen molar-refractivity contribution in [1.29, 1.82) is 0 Å². The standard InChI is InChI=1S/C31H25F2N3O3/c1-20-17-23(39-16-4-7-29(37)38-2)12-13-24(20)22-10-8-21(9-11-22)18-36-15-14-27-28(19-36)35-31(34-27)25-5-3-6-26(32)30(25)33/h3-15,17,19H,16,18H2,1-2H3/b7-4+. The Labute approximate surface area is 224 Å². The largest absolute Gasteiger partial charge is 0.490 e. The van der Waals surface area contributed by atoms with Crippen molar-refractivity contribution in [2.24, 2.45) is 0 Å². The monoisotopic (exact) mass is 525 g/mol. The molecule has 2 aliphatic rings. The number of carbonyl (C=O) groups is 1. The van der Waals surface area contributed by atoms with Crippen LogP contribution in [0.3, 0.4) is 0 Å². The molecule has 0 unspecified atom stereocenters. The fourth-order valence-corrected chi connectivity index (χ4v) is 4.25. The van der Waals surface area contributed by atoms with Crippen molar-refractivity contribution in [2.75, 3.05) is 13.7 Å². The van der Waals surface area contributed by atoms with Gasteiger partial charge < -0.3 is 14.0 Å². The minimum Gasteiger partial charge on any atom is -0.490 e. The van der Waals surface area contributed by atoms with Gasteiger partial charge in [0.2, 0.25) is 0 Å². The van der Waals surface area contributed by atoms with E-state index in [0.29, 0.717) is 23.7 Å². The first kappa shape index (κ1) is 25.8. The number of ether oxygens (including phenoxy) is 2. The summed E-state index contributed by atoms with van der Waals surface area (Å²) in [6, 6.07) is 20.0. The molecular formula is C31H25F2N3O3. The van der Waals surface area contributed by atoms with Gasteiger partial charge in [-0.2, -0.15) is 0 Å². The Bertz CT molecular complexity index is 1630. The molecule has 3 aromatic rings. The van der Waals surface area contributed by atoms with Crippen molar-refractivity contribution >= 4 is 5.97 Å². The summed E-state index contributed by atoms with van der Waals surface area (Å²) in [7, 11) is 1.33. The molecule has 0 atom stereocenters. The highest BCUT2D eigenvalue weighted by atomic mass is 19.2. The average molecular weight is 526 g/mol. The Morgan fingerprint density at radius 1 is 0.974 bits per heavy atom. The number of fused-ring (bicyclic) bond motifs is 1. The minimum absolute atomic E-state index is 0.0404. The second kappa shape index (κ2) is 11.3. The van der Waals surface area contributed by atoms with Crippen molar-refractivity contribution in [3.63, 3.8) is 0 Å². The zero-order valence-corrected chi connectivity index (χ0v) is 21.4. The van der Waals surface area contributed by atoms with Crippen LogP contribution in [0.5, 0.6) is 5.75 Å². The fraction of sp³-hybridized carbons (Fsp3) is 0.129. The van der Waals surface area contributed by atoms with Gasteiger partial charge in [-0.15, -0.1) is 0 Å². The van der Waals surface area contributed by atoms with E-state index in [-0.39, 0.29) is 18.0 Å². The third-order valence-electron chi connectivity index (χ3n) is 6.25. The number of aromatic nitrogens is 3. The molecule has 3 aromatic carbocycles. The first-order valence-electron chi connectivity index (χ1n) is 12.3. The van der Waals surface area contributed by atoms with Crippen LogP contribution in [-0.2, 0) is 16.1 Å². The van der Waals surface area contributed by atoms with Gasteiger partial charge in [0.25, 0.3) is 0 Å². The van der Waals surface area contributed by atoms with Gasteiger partial charge in [0.15, 0.2) is 17.5 Å². The number of imidazole rings is 1. The highest BCUT2D eigenvalue weighted by Gasteiger charge is 2.17. The lowest BCUT2D eigenvalue weighted by molar-refractivity contribution is -0.134. The van der Waals surface area contributed by atoms with Crippen LogP contribution in [0.4, 0.5) is 8.78 Å². The first-order valence-corrected chi connectivity index (χ1v) is 12.3. The highest BCUT2D eigenvalue weighted by Crippen LogP contribution is 2.29. The van der Waals surface area contributed by atoms with Gasteiger partial charge in [-0.1, -0.05) is 36.4 Å². The number of pyridine rings is 1. The predicted octanol–water partition coefficient (Wildman–Crippen LogP) is 6.46. The Morgan fingerprint density at radius 3 is 2.54 bits per heavy atom. The number of hydrogen-bond donors (Lipinski definition) is 0. The molecule has 0 saturated heterocycles. The molecule has 0 spiro atoms. The molecule has 39 heavy (non-hydrogen) atoms. The minimum atomic E-state index is -0.953.